The zero-order valence-electron chi connectivity index (χ0n) is 15.1. The number of hydrogen-bond donors (Lipinski definition) is 0. The van der Waals surface area contributed by atoms with Crippen LogP contribution in [0.15, 0.2) is 28.7 Å². The van der Waals surface area contributed by atoms with Crippen LogP contribution in [0.25, 0.3) is 0 Å². The van der Waals surface area contributed by atoms with E-state index < -0.39 is 0 Å². The normalized spacial score (nSPS) is 26.3. The summed E-state index contributed by atoms with van der Waals surface area (Å²) >= 11 is 0. The zero-order chi connectivity index (χ0) is 17.4. The molecular weight excluding hydrogens is 318 g/mol. The van der Waals surface area contributed by atoms with Gasteiger partial charge < -0.3 is 13.9 Å². The van der Waals surface area contributed by atoms with E-state index in [2.05, 4.69) is 41.1 Å². The molecule has 6 heteroatoms. The van der Waals surface area contributed by atoms with Crippen molar-refractivity contribution < 1.29 is 13.9 Å². The molecule has 134 valence electrons. The van der Waals surface area contributed by atoms with Gasteiger partial charge in [0.2, 0.25) is 11.8 Å². The van der Waals surface area contributed by atoms with Gasteiger partial charge in [0.25, 0.3) is 0 Å². The van der Waals surface area contributed by atoms with Crippen LogP contribution in [-0.2, 0) is 16.7 Å². The molecule has 25 heavy (non-hydrogen) atoms. The number of likely N-dealkylation sites (tertiary alicyclic amines) is 1. The van der Waals surface area contributed by atoms with Gasteiger partial charge >= 0.3 is 0 Å². The second-order valence-corrected chi connectivity index (χ2v) is 7.44. The standard InChI is InChI=1S/C19H25N3O3/c1-13(2)24-17-7-5-4-6-15(17)8-22-9-16-10-23-12-19(16,11-22)18-21-20-14(3)25-18/h4-7,13,16H,8-12H2,1-3H3/t16-,19-/m1/s1. The van der Waals surface area contributed by atoms with Crippen LogP contribution in [0.1, 0.15) is 31.2 Å². The number of benzene rings is 1. The Kier molecular flexibility index (Phi) is 4.25. The molecule has 2 fully saturated rings. The Morgan fingerprint density at radius 1 is 1.32 bits per heavy atom. The highest BCUT2D eigenvalue weighted by molar-refractivity contribution is 5.34. The molecule has 2 aliphatic heterocycles. The number of rotatable bonds is 5. The lowest BCUT2D eigenvalue weighted by Gasteiger charge is -2.23. The number of fused-ring (bicyclic) bond motifs is 1. The fourth-order valence-electron chi connectivity index (χ4n) is 4.00. The van der Waals surface area contributed by atoms with Crippen LogP contribution >= 0.6 is 0 Å². The van der Waals surface area contributed by atoms with E-state index in [9.17, 15) is 0 Å². The van der Waals surface area contributed by atoms with Crippen LogP contribution in [0.3, 0.4) is 0 Å². The van der Waals surface area contributed by atoms with Gasteiger partial charge in [-0.3, -0.25) is 4.90 Å². The van der Waals surface area contributed by atoms with E-state index in [1.54, 1.807) is 0 Å². The van der Waals surface area contributed by atoms with Gasteiger partial charge in [0.15, 0.2) is 0 Å². The van der Waals surface area contributed by atoms with Gasteiger partial charge in [-0.2, -0.15) is 0 Å². The van der Waals surface area contributed by atoms with Crippen molar-refractivity contribution in [2.75, 3.05) is 26.3 Å². The maximum Gasteiger partial charge on any atom is 0.226 e. The predicted octanol–water partition coefficient (Wildman–Crippen LogP) is 2.57. The maximum atomic E-state index is 5.97. The average molecular weight is 343 g/mol. The van der Waals surface area contributed by atoms with Gasteiger partial charge in [0.1, 0.15) is 5.75 Å². The summed E-state index contributed by atoms with van der Waals surface area (Å²) in [4.78, 5) is 2.45. The van der Waals surface area contributed by atoms with Gasteiger partial charge in [0, 0.05) is 38.0 Å². The third-order valence-corrected chi connectivity index (χ3v) is 5.13. The monoisotopic (exact) mass is 343 g/mol. The van der Waals surface area contributed by atoms with Gasteiger partial charge in [0.05, 0.1) is 24.7 Å². The van der Waals surface area contributed by atoms with E-state index in [-0.39, 0.29) is 11.5 Å². The Morgan fingerprint density at radius 3 is 2.92 bits per heavy atom. The largest absolute Gasteiger partial charge is 0.491 e. The molecule has 6 nitrogen and oxygen atoms in total. The fourth-order valence-corrected chi connectivity index (χ4v) is 4.00. The first kappa shape index (κ1) is 16.5. The molecule has 2 aromatic rings. The van der Waals surface area contributed by atoms with Gasteiger partial charge in [-0.15, -0.1) is 10.2 Å². The van der Waals surface area contributed by atoms with Crippen molar-refractivity contribution in [3.8, 4) is 5.75 Å². The minimum absolute atomic E-state index is 0.167. The number of nitrogens with zero attached hydrogens (tertiary/aromatic N) is 3. The van der Waals surface area contributed by atoms with Crippen molar-refractivity contribution in [1.82, 2.24) is 15.1 Å². The Balaban J connectivity index is 1.55. The SMILES string of the molecule is Cc1nnc([C@]23COC[C@H]2CN(Cc2ccccc2OC(C)C)C3)o1. The van der Waals surface area contributed by atoms with E-state index in [1.165, 1.54) is 5.56 Å². The van der Waals surface area contributed by atoms with E-state index in [4.69, 9.17) is 13.9 Å². The number of aryl methyl sites for hydroxylation is 1. The van der Waals surface area contributed by atoms with E-state index in [0.29, 0.717) is 18.4 Å². The molecule has 0 N–H and O–H groups in total. The van der Waals surface area contributed by atoms with Crippen molar-refractivity contribution >= 4 is 0 Å². The van der Waals surface area contributed by atoms with E-state index >= 15 is 0 Å². The Hall–Kier alpha value is -1.92. The van der Waals surface area contributed by atoms with Crippen molar-refractivity contribution in [3.05, 3.63) is 41.6 Å². The summed E-state index contributed by atoms with van der Waals surface area (Å²) in [6, 6.07) is 8.29. The molecule has 0 radical (unpaired) electrons. The summed E-state index contributed by atoms with van der Waals surface area (Å²) in [5.41, 5.74) is 1.05. The van der Waals surface area contributed by atoms with Crippen LogP contribution in [0.4, 0.5) is 0 Å². The molecule has 2 atom stereocenters. The third kappa shape index (κ3) is 3.04. The highest BCUT2D eigenvalue weighted by Crippen LogP contribution is 2.43. The van der Waals surface area contributed by atoms with Crippen LogP contribution in [0.5, 0.6) is 5.75 Å². The lowest BCUT2D eigenvalue weighted by atomic mass is 9.81. The molecule has 1 aromatic carbocycles. The number of para-hydroxylation sites is 1. The van der Waals surface area contributed by atoms with Gasteiger partial charge in [-0.25, -0.2) is 0 Å². The van der Waals surface area contributed by atoms with Crippen molar-refractivity contribution in [3.63, 3.8) is 0 Å². The van der Waals surface area contributed by atoms with Crippen LogP contribution < -0.4 is 4.74 Å². The summed E-state index contributed by atoms with van der Waals surface area (Å²) in [6.45, 7) is 10.1. The summed E-state index contributed by atoms with van der Waals surface area (Å²) < 4.78 is 17.5. The van der Waals surface area contributed by atoms with Crippen LogP contribution in [0, 0.1) is 12.8 Å². The van der Waals surface area contributed by atoms with Crippen molar-refractivity contribution in [2.24, 2.45) is 5.92 Å². The highest BCUT2D eigenvalue weighted by atomic mass is 16.5. The first-order chi connectivity index (χ1) is 12.1. The summed E-state index contributed by atoms with van der Waals surface area (Å²) in [7, 11) is 0. The second-order valence-electron chi connectivity index (χ2n) is 7.44. The van der Waals surface area contributed by atoms with Crippen LogP contribution in [-0.4, -0.2) is 47.5 Å². The second kappa shape index (κ2) is 6.42. The molecule has 2 saturated heterocycles. The lowest BCUT2D eigenvalue weighted by Crippen LogP contribution is -2.35. The predicted molar refractivity (Wildman–Crippen MR) is 92.5 cm³/mol. The minimum atomic E-state index is -0.172. The number of ether oxygens (including phenoxy) is 2. The van der Waals surface area contributed by atoms with Crippen molar-refractivity contribution in [2.45, 2.75) is 38.8 Å². The third-order valence-electron chi connectivity index (χ3n) is 5.13. The minimum Gasteiger partial charge on any atom is -0.491 e. The smallest absolute Gasteiger partial charge is 0.226 e. The molecule has 0 bridgehead atoms. The first-order valence-electron chi connectivity index (χ1n) is 8.92. The zero-order valence-corrected chi connectivity index (χ0v) is 15.1. The number of aromatic nitrogens is 2. The number of hydrogen-bond acceptors (Lipinski definition) is 6. The first-order valence-corrected chi connectivity index (χ1v) is 8.92. The Labute approximate surface area is 148 Å². The van der Waals surface area contributed by atoms with Gasteiger partial charge in [-0.05, 0) is 19.9 Å². The molecular formula is C19H25N3O3. The van der Waals surface area contributed by atoms with E-state index in [0.717, 1.165) is 37.9 Å². The topological polar surface area (TPSA) is 60.6 Å². The van der Waals surface area contributed by atoms with Crippen LogP contribution in [0.2, 0.25) is 0 Å². The average Bonchev–Trinajstić information content (AvgIpc) is 3.23. The highest BCUT2D eigenvalue weighted by Gasteiger charge is 2.55. The fraction of sp³-hybridized carbons (Fsp3) is 0.579. The Bertz CT molecular complexity index is 745. The lowest BCUT2D eigenvalue weighted by molar-refractivity contribution is 0.139. The molecule has 0 saturated carbocycles. The molecule has 4 rings (SSSR count). The maximum absolute atomic E-state index is 5.97. The molecule has 0 unspecified atom stereocenters. The van der Waals surface area contributed by atoms with Crippen molar-refractivity contribution in [1.29, 1.82) is 0 Å². The van der Waals surface area contributed by atoms with E-state index in [1.807, 2.05) is 19.1 Å². The summed E-state index contributed by atoms with van der Waals surface area (Å²) in [5, 5.41) is 8.34. The molecule has 0 amide bonds. The molecule has 3 heterocycles. The molecule has 2 aliphatic rings. The molecule has 1 aromatic heterocycles. The Morgan fingerprint density at radius 2 is 2.16 bits per heavy atom. The summed E-state index contributed by atoms with van der Waals surface area (Å²) in [5.74, 6) is 2.70. The quantitative estimate of drug-likeness (QED) is 0.831. The molecule has 0 aliphatic carbocycles. The van der Waals surface area contributed by atoms with Gasteiger partial charge in [-0.1, -0.05) is 18.2 Å². The molecule has 0 spiro atoms. The summed E-state index contributed by atoms with van der Waals surface area (Å²) in [6.07, 6.45) is 0.167.